The highest BCUT2D eigenvalue weighted by Crippen LogP contribution is 2.27. The van der Waals surface area contributed by atoms with E-state index < -0.39 is 0 Å². The van der Waals surface area contributed by atoms with Crippen molar-refractivity contribution in [1.82, 2.24) is 14.7 Å². The second-order valence-corrected chi connectivity index (χ2v) is 8.11. The second kappa shape index (κ2) is 8.05. The van der Waals surface area contributed by atoms with Crippen molar-refractivity contribution >= 4 is 33.2 Å². The van der Waals surface area contributed by atoms with Crippen molar-refractivity contribution in [1.29, 1.82) is 0 Å². The van der Waals surface area contributed by atoms with Gasteiger partial charge in [-0.2, -0.15) is 5.10 Å². The zero-order valence-electron chi connectivity index (χ0n) is 16.0. The summed E-state index contributed by atoms with van der Waals surface area (Å²) in [5.74, 6) is 0.164. The van der Waals surface area contributed by atoms with E-state index in [1.807, 2.05) is 23.1 Å². The zero-order valence-corrected chi connectivity index (χ0v) is 17.6. The van der Waals surface area contributed by atoms with Crippen LogP contribution in [0.3, 0.4) is 0 Å². The SMILES string of the molecule is Cn1ncc(N2CCN(CC(=O)N3CCCc4ccccc43)CC2)c(Br)c1=O. The normalized spacial score (nSPS) is 17.5. The number of aryl methyl sites for hydroxylation is 2. The highest BCUT2D eigenvalue weighted by Gasteiger charge is 2.26. The molecule has 28 heavy (non-hydrogen) atoms. The number of para-hydroxylation sites is 1. The summed E-state index contributed by atoms with van der Waals surface area (Å²) < 4.78 is 1.86. The highest BCUT2D eigenvalue weighted by molar-refractivity contribution is 9.10. The molecule has 0 saturated carbocycles. The van der Waals surface area contributed by atoms with Crippen molar-refractivity contribution in [2.75, 3.05) is 49.1 Å². The molecule has 7 nitrogen and oxygen atoms in total. The van der Waals surface area contributed by atoms with Crippen LogP contribution in [0.2, 0.25) is 0 Å². The fourth-order valence-corrected chi connectivity index (χ4v) is 4.55. The number of piperazine rings is 1. The Morgan fingerprint density at radius 3 is 2.64 bits per heavy atom. The number of rotatable bonds is 3. The minimum Gasteiger partial charge on any atom is -0.367 e. The Morgan fingerprint density at radius 1 is 1.11 bits per heavy atom. The van der Waals surface area contributed by atoms with Crippen LogP contribution in [0, 0.1) is 0 Å². The quantitative estimate of drug-likeness (QED) is 0.718. The largest absolute Gasteiger partial charge is 0.367 e. The van der Waals surface area contributed by atoms with Gasteiger partial charge in [0.05, 0.1) is 18.4 Å². The van der Waals surface area contributed by atoms with Crippen molar-refractivity contribution < 1.29 is 4.79 Å². The van der Waals surface area contributed by atoms with Gasteiger partial charge in [-0.05, 0) is 40.4 Å². The molecule has 148 valence electrons. The van der Waals surface area contributed by atoms with Crippen LogP contribution in [0.4, 0.5) is 11.4 Å². The maximum absolute atomic E-state index is 12.9. The number of carbonyl (C=O) groups excluding carboxylic acids is 1. The van der Waals surface area contributed by atoms with E-state index in [9.17, 15) is 9.59 Å². The van der Waals surface area contributed by atoms with Crippen molar-refractivity contribution in [2.45, 2.75) is 12.8 Å². The van der Waals surface area contributed by atoms with Crippen molar-refractivity contribution in [2.24, 2.45) is 7.05 Å². The van der Waals surface area contributed by atoms with Gasteiger partial charge in [0.15, 0.2) is 0 Å². The number of halogens is 1. The van der Waals surface area contributed by atoms with Crippen molar-refractivity contribution in [3.63, 3.8) is 0 Å². The second-order valence-electron chi connectivity index (χ2n) is 7.31. The number of amides is 1. The van der Waals surface area contributed by atoms with E-state index >= 15 is 0 Å². The molecule has 2 aliphatic heterocycles. The third kappa shape index (κ3) is 3.71. The van der Waals surface area contributed by atoms with Crippen LogP contribution in [0.15, 0.2) is 39.7 Å². The van der Waals surface area contributed by atoms with Gasteiger partial charge in [-0.15, -0.1) is 0 Å². The summed E-state index contributed by atoms with van der Waals surface area (Å²) in [7, 11) is 1.64. The van der Waals surface area contributed by atoms with Gasteiger partial charge < -0.3 is 9.80 Å². The fourth-order valence-electron chi connectivity index (χ4n) is 3.94. The summed E-state index contributed by atoms with van der Waals surface area (Å²) in [6, 6.07) is 8.20. The van der Waals surface area contributed by atoms with Crippen LogP contribution in [-0.4, -0.2) is 59.9 Å². The van der Waals surface area contributed by atoms with Crippen LogP contribution >= 0.6 is 15.9 Å². The smallest absolute Gasteiger partial charge is 0.282 e. The molecule has 1 aromatic heterocycles. The Morgan fingerprint density at radius 2 is 1.86 bits per heavy atom. The van der Waals surface area contributed by atoms with Crippen molar-refractivity contribution in [3.05, 3.63) is 50.9 Å². The number of fused-ring (bicyclic) bond motifs is 1. The number of aromatic nitrogens is 2. The van der Waals surface area contributed by atoms with Crippen LogP contribution in [-0.2, 0) is 18.3 Å². The van der Waals surface area contributed by atoms with Crippen LogP contribution in [0.1, 0.15) is 12.0 Å². The van der Waals surface area contributed by atoms with E-state index in [0.717, 1.165) is 56.9 Å². The standard InChI is InChI=1S/C20H24BrN5O2/c1-23-20(28)19(21)17(13-22-23)25-11-9-24(10-12-25)14-18(27)26-8-4-6-15-5-2-3-7-16(15)26/h2-3,5,7,13H,4,6,8-12,14H2,1H3. The lowest BCUT2D eigenvalue weighted by atomic mass is 10.0. The first-order chi connectivity index (χ1) is 13.5. The summed E-state index contributed by atoms with van der Waals surface area (Å²) >= 11 is 3.40. The van der Waals surface area contributed by atoms with Gasteiger partial charge in [0, 0.05) is 45.5 Å². The topological polar surface area (TPSA) is 61.7 Å². The molecule has 1 fully saturated rings. The van der Waals surface area contributed by atoms with E-state index in [1.54, 1.807) is 13.2 Å². The van der Waals surface area contributed by atoms with Crippen molar-refractivity contribution in [3.8, 4) is 0 Å². The average Bonchev–Trinajstić information content (AvgIpc) is 2.72. The summed E-state index contributed by atoms with van der Waals surface area (Å²) in [4.78, 5) is 31.3. The molecule has 0 N–H and O–H groups in total. The van der Waals surface area contributed by atoms with E-state index in [2.05, 4.69) is 36.9 Å². The minimum absolute atomic E-state index is 0.140. The lowest BCUT2D eigenvalue weighted by Crippen LogP contribution is -2.51. The molecule has 0 spiro atoms. The van der Waals surface area contributed by atoms with Gasteiger partial charge in [0.1, 0.15) is 4.47 Å². The first-order valence-corrected chi connectivity index (χ1v) is 10.4. The van der Waals surface area contributed by atoms with E-state index in [4.69, 9.17) is 0 Å². The molecule has 2 aromatic rings. The molecule has 1 aromatic carbocycles. The Hall–Kier alpha value is -2.19. The maximum Gasteiger partial charge on any atom is 0.282 e. The molecule has 4 rings (SSSR count). The van der Waals surface area contributed by atoms with E-state index in [0.29, 0.717) is 11.0 Å². The minimum atomic E-state index is -0.140. The number of benzene rings is 1. The molecule has 3 heterocycles. The van der Waals surface area contributed by atoms with Gasteiger partial charge >= 0.3 is 0 Å². The number of carbonyl (C=O) groups is 1. The molecule has 0 aliphatic carbocycles. The number of anilines is 2. The lowest BCUT2D eigenvalue weighted by molar-refractivity contribution is -0.119. The molecule has 2 aliphatic rings. The summed E-state index contributed by atoms with van der Waals surface area (Å²) in [5, 5.41) is 4.12. The third-order valence-corrected chi connectivity index (χ3v) is 6.29. The molecule has 1 saturated heterocycles. The highest BCUT2D eigenvalue weighted by atomic mass is 79.9. The predicted molar refractivity (Wildman–Crippen MR) is 113 cm³/mol. The Labute approximate surface area is 172 Å². The van der Waals surface area contributed by atoms with Gasteiger partial charge in [-0.25, -0.2) is 4.68 Å². The lowest BCUT2D eigenvalue weighted by Gasteiger charge is -2.37. The predicted octanol–water partition coefficient (Wildman–Crippen LogP) is 1.64. The molecule has 1 amide bonds. The number of hydrogen-bond donors (Lipinski definition) is 0. The summed E-state index contributed by atoms with van der Waals surface area (Å²) in [6.45, 7) is 4.31. The van der Waals surface area contributed by atoms with Gasteiger partial charge in [-0.1, -0.05) is 18.2 Å². The summed E-state index contributed by atoms with van der Waals surface area (Å²) in [6.07, 6.45) is 3.77. The van der Waals surface area contributed by atoms with Gasteiger partial charge in [0.25, 0.3) is 5.56 Å². The maximum atomic E-state index is 12.9. The van der Waals surface area contributed by atoms with E-state index in [1.165, 1.54) is 10.2 Å². The molecule has 0 bridgehead atoms. The first kappa shape index (κ1) is 19.1. The Balaban J connectivity index is 1.38. The molecule has 0 atom stereocenters. The summed E-state index contributed by atoms with van der Waals surface area (Å²) in [5.41, 5.74) is 3.00. The van der Waals surface area contributed by atoms with Gasteiger partial charge in [0.2, 0.25) is 5.91 Å². The molecule has 8 heteroatoms. The monoisotopic (exact) mass is 445 g/mol. The number of nitrogens with zero attached hydrogens (tertiary/aromatic N) is 5. The Kier molecular flexibility index (Phi) is 5.50. The molecule has 0 unspecified atom stereocenters. The fraction of sp³-hybridized carbons (Fsp3) is 0.450. The molecule has 0 radical (unpaired) electrons. The van der Waals surface area contributed by atoms with E-state index in [-0.39, 0.29) is 11.5 Å². The van der Waals surface area contributed by atoms with Crippen LogP contribution in [0.5, 0.6) is 0 Å². The third-order valence-electron chi connectivity index (χ3n) is 5.54. The molecular formula is C20H24BrN5O2. The number of hydrogen-bond acceptors (Lipinski definition) is 5. The Bertz CT molecular complexity index is 936. The van der Waals surface area contributed by atoms with Crippen LogP contribution in [0.25, 0.3) is 0 Å². The average molecular weight is 446 g/mol. The molecular weight excluding hydrogens is 422 g/mol. The van der Waals surface area contributed by atoms with Gasteiger partial charge in [-0.3, -0.25) is 14.5 Å². The first-order valence-electron chi connectivity index (χ1n) is 9.62. The zero-order chi connectivity index (χ0) is 19.7. The van der Waals surface area contributed by atoms with Crippen LogP contribution < -0.4 is 15.4 Å².